The van der Waals surface area contributed by atoms with Gasteiger partial charge in [-0.3, -0.25) is 4.90 Å². The molecule has 112 valence electrons. The summed E-state index contributed by atoms with van der Waals surface area (Å²) in [5.74, 6) is 0. The van der Waals surface area contributed by atoms with Gasteiger partial charge in [-0.05, 0) is 38.5 Å². The van der Waals surface area contributed by atoms with E-state index < -0.39 is 11.7 Å². The molecule has 20 heavy (non-hydrogen) atoms. The number of nitrogens with one attached hydrogen (secondary N) is 1. The average molecular weight is 286 g/mol. The first-order chi connectivity index (χ1) is 9.18. The molecule has 2 nitrogen and oxygen atoms in total. The van der Waals surface area contributed by atoms with Crippen LogP contribution in [0.4, 0.5) is 13.2 Å². The summed E-state index contributed by atoms with van der Waals surface area (Å²) in [5.41, 5.74) is 0.337. The lowest BCUT2D eigenvalue weighted by molar-refractivity contribution is -0.137. The number of alkyl halides is 3. The zero-order chi connectivity index (χ0) is 15.0. The number of rotatable bonds is 2. The van der Waals surface area contributed by atoms with E-state index in [1.807, 2.05) is 0 Å². The molecule has 1 aromatic rings. The number of hydrogen-bond acceptors (Lipinski definition) is 2. The fraction of sp³-hybridized carbons (Fsp3) is 0.600. The van der Waals surface area contributed by atoms with Crippen molar-refractivity contribution in [1.29, 1.82) is 0 Å². The molecule has 5 heteroatoms. The first kappa shape index (κ1) is 15.3. The van der Waals surface area contributed by atoms with E-state index in [-0.39, 0.29) is 5.54 Å². The van der Waals surface area contributed by atoms with E-state index in [0.717, 1.165) is 30.8 Å². The lowest BCUT2D eigenvalue weighted by Gasteiger charge is -2.45. The third-order valence-corrected chi connectivity index (χ3v) is 3.89. The predicted molar refractivity (Wildman–Crippen MR) is 73.4 cm³/mol. The molecule has 1 fully saturated rings. The molecule has 0 saturated carbocycles. The highest BCUT2D eigenvalue weighted by atomic mass is 19.4. The molecule has 0 bridgehead atoms. The normalized spacial score (nSPS) is 23.8. The molecule has 1 aliphatic heterocycles. The second-order valence-electron chi connectivity index (χ2n) is 6.17. The molecule has 0 spiro atoms. The average Bonchev–Trinajstić information content (AvgIpc) is 2.34. The second kappa shape index (κ2) is 5.37. The summed E-state index contributed by atoms with van der Waals surface area (Å²) in [7, 11) is 0. The number of hydrogen-bond donors (Lipinski definition) is 1. The van der Waals surface area contributed by atoms with Gasteiger partial charge >= 0.3 is 6.18 Å². The smallest absolute Gasteiger partial charge is 0.311 e. The first-order valence-corrected chi connectivity index (χ1v) is 6.83. The largest absolute Gasteiger partial charge is 0.416 e. The fourth-order valence-electron chi connectivity index (χ4n) is 2.48. The summed E-state index contributed by atoms with van der Waals surface area (Å²) >= 11 is 0. The van der Waals surface area contributed by atoms with E-state index in [1.165, 1.54) is 0 Å². The first-order valence-electron chi connectivity index (χ1n) is 6.83. The van der Waals surface area contributed by atoms with E-state index >= 15 is 0 Å². The Morgan fingerprint density at radius 1 is 1.25 bits per heavy atom. The van der Waals surface area contributed by atoms with Crippen LogP contribution >= 0.6 is 0 Å². The van der Waals surface area contributed by atoms with Crippen LogP contribution in [-0.4, -0.2) is 29.6 Å². The summed E-state index contributed by atoms with van der Waals surface area (Å²) in [6.07, 6.45) is -4.26. The van der Waals surface area contributed by atoms with Crippen molar-refractivity contribution in [2.24, 2.45) is 0 Å². The van der Waals surface area contributed by atoms with E-state index in [4.69, 9.17) is 0 Å². The van der Waals surface area contributed by atoms with Crippen LogP contribution in [0.15, 0.2) is 24.3 Å². The number of halogens is 3. The maximum absolute atomic E-state index is 12.5. The van der Waals surface area contributed by atoms with Crippen molar-refractivity contribution in [1.82, 2.24) is 10.2 Å². The van der Waals surface area contributed by atoms with Crippen molar-refractivity contribution in [3.05, 3.63) is 35.4 Å². The molecule has 1 N–H and O–H groups in total. The summed E-state index contributed by atoms with van der Waals surface area (Å²) in [6.45, 7) is 8.88. The highest BCUT2D eigenvalue weighted by molar-refractivity contribution is 5.24. The standard InChI is InChI=1S/C15H21F3N2/c1-11-8-20(14(2,3)10-19-11)9-12-4-6-13(7-5-12)15(16,17)18/h4-7,11,19H,8-10H2,1-3H3. The van der Waals surface area contributed by atoms with Crippen molar-refractivity contribution in [2.75, 3.05) is 13.1 Å². The Hall–Kier alpha value is -1.07. The van der Waals surface area contributed by atoms with Crippen molar-refractivity contribution in [3.8, 4) is 0 Å². The van der Waals surface area contributed by atoms with Gasteiger partial charge in [0.1, 0.15) is 0 Å². The van der Waals surface area contributed by atoms with E-state index in [9.17, 15) is 13.2 Å². The van der Waals surface area contributed by atoms with Crippen molar-refractivity contribution < 1.29 is 13.2 Å². The topological polar surface area (TPSA) is 15.3 Å². The zero-order valence-electron chi connectivity index (χ0n) is 12.1. The Morgan fingerprint density at radius 3 is 2.40 bits per heavy atom. The van der Waals surface area contributed by atoms with Crippen LogP contribution in [0, 0.1) is 0 Å². The predicted octanol–water partition coefficient (Wildman–Crippen LogP) is 3.28. The maximum atomic E-state index is 12.5. The molecular formula is C15H21F3N2. The molecule has 0 aromatic heterocycles. The molecule has 0 radical (unpaired) electrons. The Bertz CT molecular complexity index is 451. The maximum Gasteiger partial charge on any atom is 0.416 e. The fourth-order valence-corrected chi connectivity index (χ4v) is 2.48. The third kappa shape index (κ3) is 3.52. The van der Waals surface area contributed by atoms with Crippen LogP contribution in [-0.2, 0) is 12.7 Å². The Balaban J connectivity index is 2.09. The van der Waals surface area contributed by atoms with Crippen molar-refractivity contribution in [3.63, 3.8) is 0 Å². The minimum atomic E-state index is -4.26. The molecule has 0 amide bonds. The van der Waals surface area contributed by atoms with Gasteiger partial charge < -0.3 is 5.32 Å². The van der Waals surface area contributed by atoms with Gasteiger partial charge in [-0.1, -0.05) is 12.1 Å². The summed E-state index contributed by atoms with van der Waals surface area (Å²) in [6, 6.07) is 5.87. The molecule has 0 aliphatic carbocycles. The third-order valence-electron chi connectivity index (χ3n) is 3.89. The summed E-state index contributed by atoms with van der Waals surface area (Å²) in [5, 5.41) is 3.43. The van der Waals surface area contributed by atoms with Crippen LogP contribution in [0.3, 0.4) is 0 Å². The quantitative estimate of drug-likeness (QED) is 0.897. The highest BCUT2D eigenvalue weighted by Gasteiger charge is 2.33. The summed E-state index contributed by atoms with van der Waals surface area (Å²) in [4.78, 5) is 2.32. The van der Waals surface area contributed by atoms with Gasteiger partial charge in [0.15, 0.2) is 0 Å². The van der Waals surface area contributed by atoms with Crippen LogP contribution < -0.4 is 5.32 Å². The van der Waals surface area contributed by atoms with E-state index in [0.29, 0.717) is 12.6 Å². The summed E-state index contributed by atoms with van der Waals surface area (Å²) < 4.78 is 37.6. The van der Waals surface area contributed by atoms with Gasteiger partial charge in [-0.25, -0.2) is 0 Å². The highest BCUT2D eigenvalue weighted by Crippen LogP contribution is 2.29. The molecule has 2 rings (SSSR count). The molecule has 1 saturated heterocycles. The number of nitrogens with zero attached hydrogens (tertiary/aromatic N) is 1. The van der Waals surface area contributed by atoms with Crippen LogP contribution in [0.2, 0.25) is 0 Å². The molecule has 1 unspecified atom stereocenters. The SMILES string of the molecule is CC1CN(Cc2ccc(C(F)(F)F)cc2)C(C)(C)CN1. The van der Waals surface area contributed by atoms with Crippen molar-refractivity contribution >= 4 is 0 Å². The van der Waals surface area contributed by atoms with Crippen LogP contribution in [0.5, 0.6) is 0 Å². The zero-order valence-corrected chi connectivity index (χ0v) is 12.1. The van der Waals surface area contributed by atoms with Gasteiger partial charge in [-0.15, -0.1) is 0 Å². The van der Waals surface area contributed by atoms with Gasteiger partial charge in [0, 0.05) is 31.2 Å². The minimum absolute atomic E-state index is 0.00914. The second-order valence-corrected chi connectivity index (χ2v) is 6.17. The minimum Gasteiger partial charge on any atom is -0.311 e. The molecule has 1 aromatic carbocycles. The van der Waals surface area contributed by atoms with Gasteiger partial charge in [-0.2, -0.15) is 13.2 Å². The van der Waals surface area contributed by atoms with Gasteiger partial charge in [0.25, 0.3) is 0 Å². The van der Waals surface area contributed by atoms with Gasteiger partial charge in [0.2, 0.25) is 0 Å². The molecular weight excluding hydrogens is 265 g/mol. The lowest BCUT2D eigenvalue weighted by atomic mass is 9.96. The lowest BCUT2D eigenvalue weighted by Crippen LogP contribution is -2.60. The Kier molecular flexibility index (Phi) is 4.12. The monoisotopic (exact) mass is 286 g/mol. The van der Waals surface area contributed by atoms with E-state index in [2.05, 4.69) is 31.0 Å². The Labute approximate surface area is 118 Å². The Morgan fingerprint density at radius 2 is 1.85 bits per heavy atom. The molecule has 1 heterocycles. The van der Waals surface area contributed by atoms with Gasteiger partial charge in [0.05, 0.1) is 5.56 Å². The number of benzene rings is 1. The van der Waals surface area contributed by atoms with Crippen LogP contribution in [0.1, 0.15) is 31.9 Å². The van der Waals surface area contributed by atoms with Crippen LogP contribution in [0.25, 0.3) is 0 Å². The number of piperazine rings is 1. The molecule has 1 atom stereocenters. The van der Waals surface area contributed by atoms with E-state index in [1.54, 1.807) is 12.1 Å². The van der Waals surface area contributed by atoms with Crippen molar-refractivity contribution in [2.45, 2.75) is 45.1 Å². The molecule has 1 aliphatic rings.